The summed E-state index contributed by atoms with van der Waals surface area (Å²) in [7, 11) is -1.19. The van der Waals surface area contributed by atoms with Crippen molar-refractivity contribution in [2.75, 3.05) is 35.7 Å². The fraction of sp³-hybridized carbons (Fsp3) is 0.333. The molecule has 6 nitrogen and oxygen atoms in total. The summed E-state index contributed by atoms with van der Waals surface area (Å²) < 4.78 is 26.3. The van der Waals surface area contributed by atoms with Gasteiger partial charge < -0.3 is 15.3 Å². The first-order valence-electron chi connectivity index (χ1n) is 10.9. The van der Waals surface area contributed by atoms with Crippen LogP contribution in [0.2, 0.25) is 5.02 Å². The van der Waals surface area contributed by atoms with Gasteiger partial charge in [-0.25, -0.2) is 9.37 Å². The molecule has 3 heterocycles. The van der Waals surface area contributed by atoms with Crippen LogP contribution in [0, 0.1) is 5.82 Å². The molecule has 172 valence electrons. The highest BCUT2D eigenvalue weighted by atomic mass is 35.5. The largest absolute Gasteiger partial charge is 0.395 e. The summed E-state index contributed by atoms with van der Waals surface area (Å²) in [5.41, 5.74) is 2.07. The van der Waals surface area contributed by atoms with Crippen molar-refractivity contribution in [3.8, 4) is 0 Å². The van der Waals surface area contributed by atoms with E-state index < -0.39 is 10.8 Å². The fourth-order valence-electron chi connectivity index (χ4n) is 4.59. The highest BCUT2D eigenvalue weighted by Gasteiger charge is 2.37. The van der Waals surface area contributed by atoms with E-state index in [0.29, 0.717) is 52.6 Å². The van der Waals surface area contributed by atoms with Crippen molar-refractivity contribution in [3.05, 3.63) is 70.6 Å². The summed E-state index contributed by atoms with van der Waals surface area (Å²) in [6.45, 7) is 1.40. The van der Waals surface area contributed by atoms with Gasteiger partial charge in [0.25, 0.3) is 0 Å². The summed E-state index contributed by atoms with van der Waals surface area (Å²) in [5, 5.41) is 14.1. The average molecular weight is 487 g/mol. The van der Waals surface area contributed by atoms with Gasteiger partial charge in [-0.15, -0.1) is 0 Å². The van der Waals surface area contributed by atoms with E-state index in [-0.39, 0.29) is 17.8 Å². The first-order chi connectivity index (χ1) is 16.0. The van der Waals surface area contributed by atoms with Crippen LogP contribution in [0.4, 0.5) is 21.8 Å². The normalized spacial score (nSPS) is 19.4. The number of hydrogen-bond acceptors (Lipinski definition) is 6. The van der Waals surface area contributed by atoms with Gasteiger partial charge in [0.15, 0.2) is 5.82 Å². The van der Waals surface area contributed by atoms with Crippen LogP contribution in [0.25, 0.3) is 0 Å². The van der Waals surface area contributed by atoms with Gasteiger partial charge >= 0.3 is 0 Å². The molecule has 1 atom stereocenters. The van der Waals surface area contributed by atoms with Crippen LogP contribution in [-0.4, -0.2) is 44.7 Å². The summed E-state index contributed by atoms with van der Waals surface area (Å²) in [6.07, 6.45) is 2.10. The predicted octanol–water partition coefficient (Wildman–Crippen LogP) is 4.21. The van der Waals surface area contributed by atoms with Gasteiger partial charge in [0.2, 0.25) is 5.95 Å². The number of nitrogens with one attached hydrogen (secondary N) is 1. The number of fused-ring (bicyclic) bond motifs is 1. The zero-order valence-corrected chi connectivity index (χ0v) is 19.5. The third kappa shape index (κ3) is 4.35. The SMILES string of the molecule is O=S1CCc2nc(N3CCC(CO)(c4ccc(Cl)cc4)CC3)nc(Nc3cccc(F)c3)c21. The lowest BCUT2D eigenvalue weighted by Gasteiger charge is -2.41. The smallest absolute Gasteiger partial charge is 0.227 e. The van der Waals surface area contributed by atoms with Crippen LogP contribution < -0.4 is 10.2 Å². The minimum Gasteiger partial charge on any atom is -0.395 e. The number of aromatic nitrogens is 2. The number of nitrogens with zero attached hydrogens (tertiary/aromatic N) is 3. The second-order valence-electron chi connectivity index (χ2n) is 8.52. The van der Waals surface area contributed by atoms with Crippen LogP contribution >= 0.6 is 11.6 Å². The predicted molar refractivity (Wildman–Crippen MR) is 128 cm³/mol. The van der Waals surface area contributed by atoms with E-state index in [4.69, 9.17) is 21.6 Å². The van der Waals surface area contributed by atoms with Crippen LogP contribution in [0.1, 0.15) is 24.1 Å². The molecule has 0 bridgehead atoms. The third-order valence-electron chi connectivity index (χ3n) is 6.53. The first kappa shape index (κ1) is 22.3. The molecule has 3 aromatic rings. The van der Waals surface area contributed by atoms with Gasteiger partial charge in [0.1, 0.15) is 10.7 Å². The van der Waals surface area contributed by atoms with E-state index in [2.05, 4.69) is 10.2 Å². The molecule has 1 fully saturated rings. The molecule has 0 aliphatic carbocycles. The van der Waals surface area contributed by atoms with Gasteiger partial charge in [-0.05, 0) is 48.7 Å². The Labute approximate surface area is 199 Å². The summed E-state index contributed by atoms with van der Waals surface area (Å²) in [6, 6.07) is 13.8. The monoisotopic (exact) mass is 486 g/mol. The van der Waals surface area contributed by atoms with Crippen LogP contribution in [0.15, 0.2) is 53.4 Å². The third-order valence-corrected chi connectivity index (χ3v) is 8.24. The minimum absolute atomic E-state index is 0.0544. The summed E-state index contributed by atoms with van der Waals surface area (Å²) in [5.74, 6) is 1.18. The number of hydrogen-bond donors (Lipinski definition) is 2. The maximum atomic E-state index is 13.7. The molecule has 5 rings (SSSR count). The van der Waals surface area contributed by atoms with Crippen LogP contribution in [-0.2, 0) is 22.6 Å². The molecule has 0 saturated carbocycles. The van der Waals surface area contributed by atoms with Crippen molar-refractivity contribution in [3.63, 3.8) is 0 Å². The topological polar surface area (TPSA) is 78.4 Å². The number of aliphatic hydroxyl groups is 1. The number of piperidine rings is 1. The number of rotatable bonds is 5. The molecule has 2 N–H and O–H groups in total. The van der Waals surface area contributed by atoms with Crippen molar-refractivity contribution < 1.29 is 13.7 Å². The molecule has 1 saturated heterocycles. The van der Waals surface area contributed by atoms with E-state index in [1.807, 2.05) is 24.3 Å². The molecule has 2 aromatic carbocycles. The lowest BCUT2D eigenvalue weighted by atomic mass is 9.73. The van der Waals surface area contributed by atoms with E-state index in [1.165, 1.54) is 12.1 Å². The number of halogens is 2. The lowest BCUT2D eigenvalue weighted by Crippen LogP contribution is -2.45. The Hall–Kier alpha value is -2.55. The Morgan fingerprint density at radius 1 is 1.15 bits per heavy atom. The highest BCUT2D eigenvalue weighted by Crippen LogP contribution is 2.38. The number of aryl methyl sites for hydroxylation is 1. The molecule has 1 aromatic heterocycles. The van der Waals surface area contributed by atoms with Gasteiger partial charge in [-0.2, -0.15) is 4.98 Å². The maximum absolute atomic E-state index is 13.7. The van der Waals surface area contributed by atoms with E-state index in [1.54, 1.807) is 12.1 Å². The number of benzene rings is 2. The molecule has 0 radical (unpaired) electrons. The second kappa shape index (κ2) is 9.00. The zero-order valence-electron chi connectivity index (χ0n) is 17.9. The maximum Gasteiger partial charge on any atom is 0.227 e. The molecule has 2 aliphatic rings. The Morgan fingerprint density at radius 2 is 1.91 bits per heavy atom. The highest BCUT2D eigenvalue weighted by molar-refractivity contribution is 7.85. The summed E-state index contributed by atoms with van der Waals surface area (Å²) >= 11 is 6.04. The molecule has 1 unspecified atom stereocenters. The molecule has 0 spiro atoms. The molecular weight excluding hydrogens is 463 g/mol. The fourth-order valence-corrected chi connectivity index (χ4v) is 6.02. The van der Waals surface area contributed by atoms with Gasteiger partial charge in [-0.1, -0.05) is 29.8 Å². The van der Waals surface area contributed by atoms with E-state index in [9.17, 15) is 13.7 Å². The molecule has 33 heavy (non-hydrogen) atoms. The molecular formula is C24H24ClFN4O2S. The van der Waals surface area contributed by atoms with E-state index in [0.717, 1.165) is 24.1 Å². The molecule has 0 amide bonds. The van der Waals surface area contributed by atoms with E-state index >= 15 is 0 Å². The average Bonchev–Trinajstić information content (AvgIpc) is 3.20. The van der Waals surface area contributed by atoms with Crippen molar-refractivity contribution in [1.29, 1.82) is 0 Å². The quantitative estimate of drug-likeness (QED) is 0.562. The van der Waals surface area contributed by atoms with Crippen LogP contribution in [0.3, 0.4) is 0 Å². The number of aliphatic hydroxyl groups excluding tert-OH is 1. The zero-order chi connectivity index (χ0) is 23.0. The van der Waals surface area contributed by atoms with Crippen molar-refractivity contribution in [2.45, 2.75) is 29.6 Å². The van der Waals surface area contributed by atoms with Gasteiger partial charge in [0.05, 0.1) is 23.1 Å². The Morgan fingerprint density at radius 3 is 2.61 bits per heavy atom. The Balaban J connectivity index is 1.42. The van der Waals surface area contributed by atoms with Crippen LogP contribution in [0.5, 0.6) is 0 Å². The van der Waals surface area contributed by atoms with Crippen molar-refractivity contribution >= 4 is 39.9 Å². The lowest BCUT2D eigenvalue weighted by molar-refractivity contribution is 0.165. The Kier molecular flexibility index (Phi) is 6.07. The van der Waals surface area contributed by atoms with Crippen molar-refractivity contribution in [2.24, 2.45) is 0 Å². The van der Waals surface area contributed by atoms with Gasteiger partial charge in [-0.3, -0.25) is 4.21 Å². The molecule has 9 heteroatoms. The second-order valence-corrected chi connectivity index (χ2v) is 10.5. The Bertz CT molecular complexity index is 1200. The number of anilines is 3. The minimum atomic E-state index is -1.19. The summed E-state index contributed by atoms with van der Waals surface area (Å²) in [4.78, 5) is 12.1. The standard InChI is InChI=1S/C24H24ClFN4O2S/c25-17-6-4-16(5-7-17)24(15-31)9-11-30(12-10-24)23-28-20-8-13-33(32)21(20)22(29-23)27-19-3-1-2-18(26)14-19/h1-7,14,31H,8-13,15H2,(H,27,28,29). The van der Waals surface area contributed by atoms with Crippen molar-refractivity contribution in [1.82, 2.24) is 9.97 Å². The first-order valence-corrected chi connectivity index (χ1v) is 12.6. The molecule has 2 aliphatic heterocycles. The van der Waals surface area contributed by atoms with Gasteiger partial charge in [0, 0.05) is 41.4 Å².